The van der Waals surface area contributed by atoms with Crippen LogP contribution in [-0.2, 0) is 0 Å². The van der Waals surface area contributed by atoms with Crippen LogP contribution in [0.2, 0.25) is 0 Å². The second kappa shape index (κ2) is 5.10. The zero-order valence-electron chi connectivity index (χ0n) is 12.2. The molecule has 1 aliphatic rings. The fraction of sp³-hybridized carbons (Fsp3) is 0.600. The van der Waals surface area contributed by atoms with Crippen LogP contribution >= 0.6 is 0 Å². The molecule has 1 saturated heterocycles. The molecule has 1 fully saturated rings. The maximum atomic E-state index is 14.2. The number of hydrogen-bond donors (Lipinski definition) is 1. The van der Waals surface area contributed by atoms with Gasteiger partial charge in [-0.15, -0.1) is 0 Å². The van der Waals surface area contributed by atoms with E-state index in [2.05, 4.69) is 30.7 Å². The van der Waals surface area contributed by atoms with E-state index >= 15 is 0 Å². The number of rotatable bonds is 2. The number of aliphatic hydroxyl groups excluding tert-OH is 1. The smallest absolute Gasteiger partial charge is 0.146 e. The third-order valence-corrected chi connectivity index (χ3v) is 4.11. The van der Waals surface area contributed by atoms with Crippen molar-refractivity contribution in [3.8, 4) is 0 Å². The van der Waals surface area contributed by atoms with Crippen molar-refractivity contribution in [3.63, 3.8) is 0 Å². The number of benzene rings is 1. The zero-order chi connectivity index (χ0) is 14.2. The molecule has 2 rings (SSSR count). The van der Waals surface area contributed by atoms with E-state index in [9.17, 15) is 9.50 Å². The third kappa shape index (κ3) is 2.90. The van der Waals surface area contributed by atoms with Crippen molar-refractivity contribution < 1.29 is 9.50 Å². The van der Waals surface area contributed by atoms with Crippen LogP contribution in [0.3, 0.4) is 0 Å². The first-order valence-electron chi connectivity index (χ1n) is 6.75. The quantitative estimate of drug-likeness (QED) is 0.890. The van der Waals surface area contributed by atoms with Gasteiger partial charge in [0.1, 0.15) is 5.82 Å². The molecule has 0 aliphatic carbocycles. The summed E-state index contributed by atoms with van der Waals surface area (Å²) in [6.07, 6.45) is -0.632. The molecule has 106 valence electrons. The fourth-order valence-corrected chi connectivity index (χ4v) is 2.49. The number of piperazine rings is 1. The maximum absolute atomic E-state index is 14.2. The average molecular weight is 266 g/mol. The van der Waals surface area contributed by atoms with E-state index in [4.69, 9.17) is 0 Å². The molecular weight excluding hydrogens is 243 g/mol. The van der Waals surface area contributed by atoms with Gasteiger partial charge in [-0.2, -0.15) is 0 Å². The molecule has 1 aromatic rings. The van der Waals surface area contributed by atoms with Gasteiger partial charge in [0, 0.05) is 25.2 Å². The van der Waals surface area contributed by atoms with E-state index < -0.39 is 6.10 Å². The van der Waals surface area contributed by atoms with Crippen LogP contribution in [0.5, 0.6) is 0 Å². The minimum Gasteiger partial charge on any atom is -0.389 e. The van der Waals surface area contributed by atoms with Gasteiger partial charge in [-0.05, 0) is 45.5 Å². The summed E-state index contributed by atoms with van der Waals surface area (Å²) in [5.41, 5.74) is 1.29. The van der Waals surface area contributed by atoms with Crippen molar-refractivity contribution in [3.05, 3.63) is 29.6 Å². The maximum Gasteiger partial charge on any atom is 0.146 e. The van der Waals surface area contributed by atoms with Crippen LogP contribution < -0.4 is 4.90 Å². The summed E-state index contributed by atoms with van der Waals surface area (Å²) < 4.78 is 14.2. The number of anilines is 1. The molecule has 1 N–H and O–H groups in total. The first-order chi connectivity index (χ1) is 8.81. The van der Waals surface area contributed by atoms with Gasteiger partial charge in [-0.3, -0.25) is 4.90 Å². The number of hydrogen-bond acceptors (Lipinski definition) is 3. The van der Waals surface area contributed by atoms with Crippen molar-refractivity contribution in [2.45, 2.75) is 32.4 Å². The fourth-order valence-electron chi connectivity index (χ4n) is 2.49. The summed E-state index contributed by atoms with van der Waals surface area (Å²) in [5, 5.41) is 9.48. The van der Waals surface area contributed by atoms with Crippen molar-refractivity contribution in [2.75, 3.05) is 31.6 Å². The highest BCUT2D eigenvalue weighted by atomic mass is 19.1. The van der Waals surface area contributed by atoms with Crippen LogP contribution in [0.15, 0.2) is 18.2 Å². The minimum absolute atomic E-state index is 0.0353. The van der Waals surface area contributed by atoms with Crippen LogP contribution in [0.1, 0.15) is 32.4 Å². The van der Waals surface area contributed by atoms with E-state index in [-0.39, 0.29) is 11.4 Å². The summed E-state index contributed by atoms with van der Waals surface area (Å²) >= 11 is 0. The minimum atomic E-state index is -0.632. The van der Waals surface area contributed by atoms with E-state index in [1.807, 2.05) is 0 Å². The van der Waals surface area contributed by atoms with Crippen molar-refractivity contribution in [2.24, 2.45) is 0 Å². The second-order valence-corrected chi connectivity index (χ2v) is 6.04. The molecule has 0 spiro atoms. The van der Waals surface area contributed by atoms with Crippen LogP contribution in [-0.4, -0.2) is 42.2 Å². The largest absolute Gasteiger partial charge is 0.389 e. The van der Waals surface area contributed by atoms with Crippen LogP contribution in [0.4, 0.5) is 10.1 Å². The molecule has 4 heteroatoms. The lowest BCUT2D eigenvalue weighted by Gasteiger charge is -2.46. The van der Waals surface area contributed by atoms with Gasteiger partial charge >= 0.3 is 0 Å². The molecular formula is C15H23FN2O. The van der Waals surface area contributed by atoms with Crippen LogP contribution in [0.25, 0.3) is 0 Å². The lowest BCUT2D eigenvalue weighted by atomic mass is 9.99. The normalized spacial score (nSPS) is 21.5. The van der Waals surface area contributed by atoms with Gasteiger partial charge in [0.25, 0.3) is 0 Å². The number of aliphatic hydroxyl groups is 1. The van der Waals surface area contributed by atoms with Gasteiger partial charge in [-0.1, -0.05) is 6.07 Å². The Labute approximate surface area is 114 Å². The topological polar surface area (TPSA) is 26.7 Å². The van der Waals surface area contributed by atoms with E-state index in [1.165, 1.54) is 6.07 Å². The van der Waals surface area contributed by atoms with Gasteiger partial charge in [0.2, 0.25) is 0 Å². The predicted molar refractivity (Wildman–Crippen MR) is 76.0 cm³/mol. The van der Waals surface area contributed by atoms with E-state index in [1.54, 1.807) is 19.1 Å². The highest BCUT2D eigenvalue weighted by Gasteiger charge is 2.32. The van der Waals surface area contributed by atoms with Gasteiger partial charge in [-0.25, -0.2) is 4.39 Å². The Balaban J connectivity index is 2.23. The third-order valence-electron chi connectivity index (χ3n) is 4.11. The van der Waals surface area contributed by atoms with Crippen molar-refractivity contribution >= 4 is 5.69 Å². The van der Waals surface area contributed by atoms with E-state index in [0.29, 0.717) is 11.3 Å². The van der Waals surface area contributed by atoms with Crippen molar-refractivity contribution in [1.82, 2.24) is 4.90 Å². The molecule has 1 aromatic carbocycles. The average Bonchev–Trinajstić information content (AvgIpc) is 2.32. The Morgan fingerprint density at radius 1 is 1.32 bits per heavy atom. The number of nitrogens with zero attached hydrogens (tertiary/aromatic N) is 2. The van der Waals surface area contributed by atoms with Crippen molar-refractivity contribution in [1.29, 1.82) is 0 Å². The molecule has 0 amide bonds. The monoisotopic (exact) mass is 266 g/mol. The SMILES string of the molecule is C[C@H](O)c1ccc(N2CCN(C)C(C)(C)C2)c(F)c1. The molecule has 0 bridgehead atoms. The molecule has 0 saturated carbocycles. The lowest BCUT2D eigenvalue weighted by Crippen LogP contribution is -2.57. The summed E-state index contributed by atoms with van der Waals surface area (Å²) in [7, 11) is 2.10. The highest BCUT2D eigenvalue weighted by molar-refractivity contribution is 5.50. The predicted octanol–water partition coefficient (Wildman–Crippen LogP) is 2.41. The second-order valence-electron chi connectivity index (χ2n) is 6.04. The Bertz CT molecular complexity index is 459. The first-order valence-corrected chi connectivity index (χ1v) is 6.75. The van der Waals surface area contributed by atoms with E-state index in [0.717, 1.165) is 19.6 Å². The molecule has 1 aliphatic heterocycles. The molecule has 0 unspecified atom stereocenters. The summed E-state index contributed by atoms with van der Waals surface area (Å²) in [6, 6.07) is 5.01. The molecule has 1 atom stereocenters. The Morgan fingerprint density at radius 2 is 2.00 bits per heavy atom. The summed E-state index contributed by atoms with van der Waals surface area (Å²) in [5.74, 6) is -0.251. The zero-order valence-corrected chi connectivity index (χ0v) is 12.2. The Hall–Kier alpha value is -1.13. The number of likely N-dealkylation sites (N-methyl/N-ethyl adjacent to an activating group) is 1. The number of halogens is 1. The van der Waals surface area contributed by atoms with Gasteiger partial charge < -0.3 is 10.0 Å². The van der Waals surface area contributed by atoms with Crippen LogP contribution in [0, 0.1) is 5.82 Å². The Morgan fingerprint density at radius 3 is 2.53 bits per heavy atom. The summed E-state index contributed by atoms with van der Waals surface area (Å²) in [4.78, 5) is 4.38. The van der Waals surface area contributed by atoms with Gasteiger partial charge in [0.05, 0.1) is 11.8 Å². The molecule has 3 nitrogen and oxygen atoms in total. The standard InChI is InChI=1S/C15H23FN2O/c1-11(19)12-5-6-14(13(16)9-12)18-8-7-17(4)15(2,3)10-18/h5-6,9,11,19H,7-8,10H2,1-4H3/t11-/m0/s1. The molecule has 0 radical (unpaired) electrons. The lowest BCUT2D eigenvalue weighted by molar-refractivity contribution is 0.138. The van der Waals surface area contributed by atoms with Gasteiger partial charge in [0.15, 0.2) is 0 Å². The molecule has 1 heterocycles. The molecule has 19 heavy (non-hydrogen) atoms. The summed E-state index contributed by atoms with van der Waals surface area (Å²) in [6.45, 7) is 8.53. The molecule has 0 aromatic heterocycles. The highest BCUT2D eigenvalue weighted by Crippen LogP contribution is 2.28. The first kappa shape index (κ1) is 14.3. The Kier molecular flexibility index (Phi) is 3.83.